The van der Waals surface area contributed by atoms with Crippen molar-refractivity contribution in [3.05, 3.63) is 98.7 Å². The summed E-state index contributed by atoms with van der Waals surface area (Å²) in [7, 11) is 0. The van der Waals surface area contributed by atoms with Crippen molar-refractivity contribution in [3.63, 3.8) is 0 Å². The van der Waals surface area contributed by atoms with Crippen LogP contribution in [0, 0.1) is 13.8 Å². The number of nitrogens with zero attached hydrogens (tertiary/aromatic N) is 2. The SMILES string of the molecule is Cc1ccc(OCc2ccc(C3CCCCC3)cc2)c(-c2csc(CN(C(=O)C(N)=O)c3ccc4nc(C)sc4c3)c2)c1. The van der Waals surface area contributed by atoms with Crippen molar-refractivity contribution in [1.82, 2.24) is 4.98 Å². The highest BCUT2D eigenvalue weighted by molar-refractivity contribution is 7.18. The molecule has 0 atom stereocenters. The number of nitrogens with two attached hydrogens (primary N) is 1. The van der Waals surface area contributed by atoms with Gasteiger partial charge in [0, 0.05) is 16.1 Å². The molecule has 3 aromatic carbocycles. The fraction of sp³-hybridized carbons (Fsp3) is 0.286. The molecule has 1 fully saturated rings. The number of aromatic nitrogens is 1. The molecule has 2 aromatic heterocycles. The molecule has 43 heavy (non-hydrogen) atoms. The number of carbonyl (C=O) groups is 2. The Morgan fingerprint density at radius 1 is 0.977 bits per heavy atom. The summed E-state index contributed by atoms with van der Waals surface area (Å²) in [6.07, 6.45) is 6.61. The second-order valence-corrected chi connectivity index (χ2v) is 13.5. The Balaban J connectivity index is 1.20. The molecular formula is C35H35N3O3S2. The highest BCUT2D eigenvalue weighted by Gasteiger charge is 2.23. The van der Waals surface area contributed by atoms with Crippen molar-refractivity contribution in [2.45, 2.75) is 65.0 Å². The molecule has 2 N–H and O–H groups in total. The van der Waals surface area contributed by atoms with Gasteiger partial charge in [-0.25, -0.2) is 4.98 Å². The molecular weight excluding hydrogens is 575 g/mol. The van der Waals surface area contributed by atoms with E-state index in [0.29, 0.717) is 18.2 Å². The number of carbonyl (C=O) groups excluding carboxylic acids is 2. The van der Waals surface area contributed by atoms with E-state index in [0.717, 1.165) is 48.1 Å². The molecule has 0 unspecified atom stereocenters. The van der Waals surface area contributed by atoms with Crippen LogP contribution in [0.25, 0.3) is 21.3 Å². The Morgan fingerprint density at radius 3 is 2.53 bits per heavy atom. The van der Waals surface area contributed by atoms with E-state index in [-0.39, 0.29) is 6.54 Å². The Morgan fingerprint density at radius 2 is 1.77 bits per heavy atom. The maximum Gasteiger partial charge on any atom is 0.316 e. The molecule has 0 radical (unpaired) electrons. The number of fused-ring (bicyclic) bond motifs is 1. The summed E-state index contributed by atoms with van der Waals surface area (Å²) in [5.74, 6) is -0.236. The molecule has 2 amide bonds. The summed E-state index contributed by atoms with van der Waals surface area (Å²) in [6, 6.07) is 22.7. The van der Waals surface area contributed by atoms with Crippen LogP contribution < -0.4 is 15.4 Å². The Labute approximate surface area is 260 Å². The maximum atomic E-state index is 12.9. The van der Waals surface area contributed by atoms with Crippen LogP contribution in [0.5, 0.6) is 5.75 Å². The van der Waals surface area contributed by atoms with Crippen molar-refractivity contribution in [3.8, 4) is 16.9 Å². The predicted octanol–water partition coefficient (Wildman–Crippen LogP) is 8.29. The van der Waals surface area contributed by atoms with E-state index in [1.807, 2.05) is 31.2 Å². The average molecular weight is 610 g/mol. The largest absolute Gasteiger partial charge is 0.488 e. The fourth-order valence-electron chi connectivity index (χ4n) is 5.85. The topological polar surface area (TPSA) is 85.5 Å². The summed E-state index contributed by atoms with van der Waals surface area (Å²) in [5.41, 5.74) is 12.6. The van der Waals surface area contributed by atoms with Crippen molar-refractivity contribution >= 4 is 50.4 Å². The van der Waals surface area contributed by atoms with Crippen LogP contribution in [0.1, 0.15) is 64.6 Å². The van der Waals surface area contributed by atoms with Crippen molar-refractivity contribution in [2.75, 3.05) is 4.90 Å². The number of benzene rings is 3. The molecule has 8 heteroatoms. The van der Waals surface area contributed by atoms with E-state index >= 15 is 0 Å². The van der Waals surface area contributed by atoms with E-state index in [4.69, 9.17) is 10.5 Å². The van der Waals surface area contributed by atoms with Crippen molar-refractivity contribution in [1.29, 1.82) is 0 Å². The normalized spacial score (nSPS) is 13.7. The van der Waals surface area contributed by atoms with Gasteiger partial charge in [0.05, 0.1) is 21.8 Å². The summed E-state index contributed by atoms with van der Waals surface area (Å²) in [4.78, 5) is 31.8. The maximum absolute atomic E-state index is 12.9. The third-order valence-electron chi connectivity index (χ3n) is 8.11. The lowest BCUT2D eigenvalue weighted by atomic mass is 9.84. The van der Waals surface area contributed by atoms with Crippen LogP contribution in [-0.2, 0) is 22.7 Å². The number of rotatable bonds is 8. The predicted molar refractivity (Wildman–Crippen MR) is 176 cm³/mol. The lowest BCUT2D eigenvalue weighted by Crippen LogP contribution is -2.39. The van der Waals surface area contributed by atoms with Gasteiger partial charge in [0.1, 0.15) is 12.4 Å². The quantitative estimate of drug-likeness (QED) is 0.179. The lowest BCUT2D eigenvalue weighted by Gasteiger charge is -2.22. The Bertz CT molecular complexity index is 1770. The zero-order chi connectivity index (χ0) is 29.9. The van der Waals surface area contributed by atoms with Crippen molar-refractivity contribution in [2.24, 2.45) is 5.73 Å². The van der Waals surface area contributed by atoms with Gasteiger partial charge in [-0.3, -0.25) is 14.5 Å². The third kappa shape index (κ3) is 6.65. The van der Waals surface area contributed by atoms with Crippen LogP contribution in [0.2, 0.25) is 0 Å². The molecule has 2 heterocycles. The van der Waals surface area contributed by atoms with E-state index < -0.39 is 11.8 Å². The van der Waals surface area contributed by atoms with Crippen LogP contribution >= 0.6 is 22.7 Å². The van der Waals surface area contributed by atoms with Gasteiger partial charge in [0.15, 0.2) is 0 Å². The van der Waals surface area contributed by atoms with E-state index in [1.165, 1.54) is 53.9 Å². The van der Waals surface area contributed by atoms with Gasteiger partial charge in [0.2, 0.25) is 0 Å². The first-order chi connectivity index (χ1) is 20.8. The highest BCUT2D eigenvalue weighted by Crippen LogP contribution is 2.36. The zero-order valence-electron chi connectivity index (χ0n) is 24.5. The number of amides is 2. The number of thiazole rings is 1. The number of hydrogen-bond donors (Lipinski definition) is 1. The van der Waals surface area contributed by atoms with Gasteiger partial charge in [-0.05, 0) is 91.1 Å². The van der Waals surface area contributed by atoms with Crippen LogP contribution in [0.3, 0.4) is 0 Å². The number of ether oxygens (including phenoxy) is 1. The molecule has 0 spiro atoms. The second-order valence-electron chi connectivity index (χ2n) is 11.3. The number of hydrogen-bond acceptors (Lipinski definition) is 6. The zero-order valence-corrected chi connectivity index (χ0v) is 26.1. The van der Waals surface area contributed by atoms with Gasteiger partial charge < -0.3 is 10.5 Å². The lowest BCUT2D eigenvalue weighted by molar-refractivity contribution is -0.135. The molecule has 0 aliphatic heterocycles. The van der Waals surface area contributed by atoms with Gasteiger partial charge in [-0.1, -0.05) is 55.2 Å². The summed E-state index contributed by atoms with van der Waals surface area (Å²) < 4.78 is 7.32. The van der Waals surface area contributed by atoms with Gasteiger partial charge in [0.25, 0.3) is 0 Å². The van der Waals surface area contributed by atoms with Crippen LogP contribution in [0.4, 0.5) is 5.69 Å². The van der Waals surface area contributed by atoms with Gasteiger partial charge >= 0.3 is 11.8 Å². The summed E-state index contributed by atoms with van der Waals surface area (Å²) >= 11 is 3.08. The summed E-state index contributed by atoms with van der Waals surface area (Å²) in [5, 5.41) is 3.01. The van der Waals surface area contributed by atoms with Crippen LogP contribution in [-0.4, -0.2) is 16.8 Å². The van der Waals surface area contributed by atoms with E-state index in [9.17, 15) is 9.59 Å². The van der Waals surface area contributed by atoms with Gasteiger partial charge in [-0.15, -0.1) is 22.7 Å². The first kappa shape index (κ1) is 29.1. The van der Waals surface area contributed by atoms with Crippen LogP contribution in [0.15, 0.2) is 72.1 Å². The smallest absolute Gasteiger partial charge is 0.316 e. The standard InChI is InChI=1S/C35H35N3O3S2/c1-22-8-15-32(41-20-24-9-11-26(12-10-24)25-6-4-3-5-7-25)30(16-22)27-17-29(42-21-27)19-38(35(40)34(36)39)28-13-14-31-33(18-28)43-23(2)37-31/h8-18,21,25H,3-7,19-20H2,1-2H3,(H2,36,39). The first-order valence-corrected chi connectivity index (χ1v) is 16.4. The number of thiophene rings is 1. The second kappa shape index (κ2) is 12.7. The minimum atomic E-state index is -0.987. The number of aryl methyl sites for hydroxylation is 2. The number of anilines is 1. The molecule has 5 aromatic rings. The fourth-order valence-corrected chi connectivity index (χ4v) is 7.58. The Hall–Kier alpha value is -4.01. The molecule has 1 aliphatic carbocycles. The van der Waals surface area contributed by atoms with E-state index in [2.05, 4.69) is 59.8 Å². The molecule has 220 valence electrons. The van der Waals surface area contributed by atoms with E-state index in [1.54, 1.807) is 11.3 Å². The van der Waals surface area contributed by atoms with Gasteiger partial charge in [-0.2, -0.15) is 0 Å². The monoisotopic (exact) mass is 609 g/mol. The van der Waals surface area contributed by atoms with Crippen molar-refractivity contribution < 1.29 is 14.3 Å². The first-order valence-electron chi connectivity index (χ1n) is 14.7. The average Bonchev–Trinajstić information content (AvgIpc) is 3.64. The molecule has 6 rings (SSSR count). The molecule has 1 aliphatic rings. The molecule has 1 saturated carbocycles. The molecule has 6 nitrogen and oxygen atoms in total. The molecule has 0 bridgehead atoms. The molecule has 0 saturated heterocycles. The minimum Gasteiger partial charge on any atom is -0.488 e. The minimum absolute atomic E-state index is 0.227. The third-order valence-corrected chi connectivity index (χ3v) is 9.97. The highest BCUT2D eigenvalue weighted by atomic mass is 32.1. The summed E-state index contributed by atoms with van der Waals surface area (Å²) in [6.45, 7) is 4.72. The number of primary amides is 1. The Kier molecular flexibility index (Phi) is 8.58.